The molecule has 2 amide bonds. The number of carbonyl (C=O) groups excluding carboxylic acids is 2. The fraction of sp³-hybridized carbons (Fsp3) is 0.556. The highest BCUT2D eigenvalue weighted by molar-refractivity contribution is 5.97. The summed E-state index contributed by atoms with van der Waals surface area (Å²) in [6.07, 6.45) is -4.40. The fourth-order valence-corrected chi connectivity index (χ4v) is 2.05. The van der Waals surface area contributed by atoms with Crippen molar-refractivity contribution in [2.75, 3.05) is 19.8 Å². The molecule has 1 rings (SSSR count). The third-order valence-corrected chi connectivity index (χ3v) is 3.57. The van der Waals surface area contributed by atoms with Gasteiger partial charge in [-0.15, -0.1) is 0 Å². The molecule has 0 aliphatic rings. The molecule has 1 unspecified atom stereocenters. The van der Waals surface area contributed by atoms with Crippen LogP contribution < -0.4 is 10.6 Å². The molecule has 0 heterocycles. The second-order valence-electron chi connectivity index (χ2n) is 6.98. The summed E-state index contributed by atoms with van der Waals surface area (Å²) in [4.78, 5) is 24.0. The minimum absolute atomic E-state index is 0.0314. The Labute approximate surface area is 151 Å². The number of halogens is 3. The van der Waals surface area contributed by atoms with Gasteiger partial charge in [-0.1, -0.05) is 32.9 Å². The first-order chi connectivity index (χ1) is 11.9. The van der Waals surface area contributed by atoms with Gasteiger partial charge in [0, 0.05) is 12.1 Å². The van der Waals surface area contributed by atoms with Gasteiger partial charge in [0.25, 0.3) is 5.91 Å². The minimum Gasteiger partial charge on any atom is -0.370 e. The number of rotatable bonds is 7. The number of amides is 2. The number of ether oxygens (including phenoxy) is 1. The molecule has 1 aromatic rings. The number of benzene rings is 1. The van der Waals surface area contributed by atoms with Crippen molar-refractivity contribution in [1.82, 2.24) is 10.6 Å². The van der Waals surface area contributed by atoms with Crippen LogP contribution >= 0.6 is 0 Å². The van der Waals surface area contributed by atoms with Crippen molar-refractivity contribution in [1.29, 1.82) is 0 Å². The van der Waals surface area contributed by atoms with E-state index in [1.807, 2.05) is 12.1 Å². The highest BCUT2D eigenvalue weighted by Gasteiger charge is 2.27. The summed E-state index contributed by atoms with van der Waals surface area (Å²) in [5.41, 5.74) is 1.47. The van der Waals surface area contributed by atoms with Gasteiger partial charge in [0.1, 0.15) is 12.6 Å². The Balaban J connectivity index is 2.42. The molecular weight excluding hydrogens is 349 g/mol. The largest absolute Gasteiger partial charge is 0.411 e. The number of alkyl halides is 3. The van der Waals surface area contributed by atoms with Gasteiger partial charge in [-0.3, -0.25) is 9.59 Å². The van der Waals surface area contributed by atoms with E-state index in [2.05, 4.69) is 36.1 Å². The van der Waals surface area contributed by atoms with E-state index in [4.69, 9.17) is 0 Å². The van der Waals surface area contributed by atoms with Gasteiger partial charge in [0.05, 0.1) is 6.61 Å². The van der Waals surface area contributed by atoms with E-state index >= 15 is 0 Å². The molecule has 5 nitrogen and oxygen atoms in total. The molecule has 0 saturated heterocycles. The lowest BCUT2D eigenvalue weighted by molar-refractivity contribution is -0.173. The Morgan fingerprint density at radius 1 is 1.12 bits per heavy atom. The van der Waals surface area contributed by atoms with Gasteiger partial charge < -0.3 is 15.4 Å². The predicted octanol–water partition coefficient (Wildman–Crippen LogP) is 2.80. The monoisotopic (exact) mass is 374 g/mol. The molecule has 146 valence electrons. The molecule has 1 atom stereocenters. The lowest BCUT2D eigenvalue weighted by Gasteiger charge is -2.19. The SMILES string of the molecule is CC(NC(=O)c1ccc(C(C)(C)C)cc1)C(=O)NCCOCC(F)(F)F. The van der Waals surface area contributed by atoms with E-state index in [0.29, 0.717) is 5.56 Å². The molecule has 0 aromatic heterocycles. The topological polar surface area (TPSA) is 67.4 Å². The van der Waals surface area contributed by atoms with Crippen LogP contribution in [0.2, 0.25) is 0 Å². The van der Waals surface area contributed by atoms with Crippen LogP contribution in [0.5, 0.6) is 0 Å². The van der Waals surface area contributed by atoms with Crippen LogP contribution in [-0.4, -0.2) is 43.8 Å². The number of hydrogen-bond acceptors (Lipinski definition) is 3. The number of hydrogen-bond donors (Lipinski definition) is 2. The predicted molar refractivity (Wildman–Crippen MR) is 92.0 cm³/mol. The lowest BCUT2D eigenvalue weighted by atomic mass is 9.86. The Morgan fingerprint density at radius 3 is 2.19 bits per heavy atom. The van der Waals surface area contributed by atoms with Crippen molar-refractivity contribution in [2.24, 2.45) is 0 Å². The van der Waals surface area contributed by atoms with Crippen LogP contribution in [-0.2, 0) is 14.9 Å². The van der Waals surface area contributed by atoms with Crippen molar-refractivity contribution in [3.63, 3.8) is 0 Å². The van der Waals surface area contributed by atoms with Crippen LogP contribution in [0.25, 0.3) is 0 Å². The lowest BCUT2D eigenvalue weighted by Crippen LogP contribution is -2.45. The van der Waals surface area contributed by atoms with Gasteiger partial charge in [-0.25, -0.2) is 0 Å². The van der Waals surface area contributed by atoms with Crippen LogP contribution in [0.1, 0.15) is 43.6 Å². The average Bonchev–Trinajstić information content (AvgIpc) is 2.52. The quantitative estimate of drug-likeness (QED) is 0.722. The Bertz CT molecular complexity index is 608. The van der Waals surface area contributed by atoms with E-state index in [0.717, 1.165) is 5.56 Å². The molecule has 26 heavy (non-hydrogen) atoms. The third-order valence-electron chi connectivity index (χ3n) is 3.57. The van der Waals surface area contributed by atoms with Crippen LogP contribution in [0.4, 0.5) is 13.2 Å². The zero-order valence-electron chi connectivity index (χ0n) is 15.4. The minimum atomic E-state index is -4.40. The Hall–Kier alpha value is -2.09. The van der Waals surface area contributed by atoms with Gasteiger partial charge >= 0.3 is 6.18 Å². The summed E-state index contributed by atoms with van der Waals surface area (Å²) in [6, 6.07) is 6.26. The Morgan fingerprint density at radius 2 is 1.69 bits per heavy atom. The maximum absolute atomic E-state index is 12.2. The fourth-order valence-electron chi connectivity index (χ4n) is 2.05. The maximum atomic E-state index is 12.2. The molecule has 1 aromatic carbocycles. The number of nitrogens with one attached hydrogen (secondary N) is 2. The van der Waals surface area contributed by atoms with Crippen LogP contribution in [0.15, 0.2) is 24.3 Å². The second kappa shape index (κ2) is 9.02. The summed E-state index contributed by atoms with van der Waals surface area (Å²) in [7, 11) is 0. The van der Waals surface area contributed by atoms with E-state index in [1.54, 1.807) is 12.1 Å². The van der Waals surface area contributed by atoms with E-state index < -0.39 is 30.6 Å². The Kier molecular flexibility index (Phi) is 7.62. The molecular formula is C18H25F3N2O3. The standard InChI is InChI=1S/C18H25F3N2O3/c1-12(15(24)22-9-10-26-11-18(19,20)21)23-16(25)13-5-7-14(8-6-13)17(2,3)4/h5-8,12H,9-11H2,1-4H3,(H,22,24)(H,23,25). The highest BCUT2D eigenvalue weighted by atomic mass is 19.4. The summed E-state index contributed by atoms with van der Waals surface area (Å²) in [5, 5.41) is 4.96. The first kappa shape index (κ1) is 22.0. The zero-order chi connectivity index (χ0) is 20.0. The number of carbonyl (C=O) groups is 2. The van der Waals surface area contributed by atoms with Crippen molar-refractivity contribution in [3.8, 4) is 0 Å². The molecule has 0 fully saturated rings. The molecule has 0 radical (unpaired) electrons. The summed E-state index contributed by atoms with van der Waals surface area (Å²) in [6.45, 7) is 5.98. The first-order valence-corrected chi connectivity index (χ1v) is 8.24. The van der Waals surface area contributed by atoms with Crippen molar-refractivity contribution in [2.45, 2.75) is 45.3 Å². The highest BCUT2D eigenvalue weighted by Crippen LogP contribution is 2.22. The molecule has 8 heteroatoms. The van der Waals surface area contributed by atoms with Crippen LogP contribution in [0.3, 0.4) is 0 Å². The van der Waals surface area contributed by atoms with E-state index in [9.17, 15) is 22.8 Å². The van der Waals surface area contributed by atoms with E-state index in [1.165, 1.54) is 6.92 Å². The van der Waals surface area contributed by atoms with Crippen molar-refractivity contribution >= 4 is 11.8 Å². The summed E-state index contributed by atoms with van der Waals surface area (Å²) in [5.74, 6) is -0.901. The third kappa shape index (κ3) is 7.86. The summed E-state index contributed by atoms with van der Waals surface area (Å²) < 4.78 is 40.1. The average molecular weight is 374 g/mol. The zero-order valence-corrected chi connectivity index (χ0v) is 15.4. The van der Waals surface area contributed by atoms with E-state index in [-0.39, 0.29) is 18.6 Å². The molecule has 0 aliphatic carbocycles. The van der Waals surface area contributed by atoms with Crippen molar-refractivity contribution < 1.29 is 27.5 Å². The van der Waals surface area contributed by atoms with Gasteiger partial charge in [0.15, 0.2) is 0 Å². The summed E-state index contributed by atoms with van der Waals surface area (Å²) >= 11 is 0. The molecule has 0 aliphatic heterocycles. The molecule has 2 N–H and O–H groups in total. The van der Waals surface area contributed by atoms with Gasteiger partial charge in [-0.05, 0) is 30.0 Å². The smallest absolute Gasteiger partial charge is 0.370 e. The normalized spacial score (nSPS) is 13.2. The molecule has 0 saturated carbocycles. The maximum Gasteiger partial charge on any atom is 0.411 e. The second-order valence-corrected chi connectivity index (χ2v) is 6.98. The van der Waals surface area contributed by atoms with Gasteiger partial charge in [0.2, 0.25) is 5.91 Å². The molecule has 0 spiro atoms. The first-order valence-electron chi connectivity index (χ1n) is 8.24. The molecule has 0 bridgehead atoms. The van der Waals surface area contributed by atoms with Crippen molar-refractivity contribution in [3.05, 3.63) is 35.4 Å². The van der Waals surface area contributed by atoms with Crippen LogP contribution in [0, 0.1) is 0 Å². The van der Waals surface area contributed by atoms with Gasteiger partial charge in [-0.2, -0.15) is 13.2 Å².